The minimum Gasteiger partial charge on any atom is -0.322 e. The Hall–Kier alpha value is -3.10. The van der Waals surface area contributed by atoms with Crippen molar-refractivity contribution in [2.75, 3.05) is 38.0 Å². The molecule has 0 unspecified atom stereocenters. The van der Waals surface area contributed by atoms with Crippen LogP contribution in [0.2, 0.25) is 0 Å². The van der Waals surface area contributed by atoms with E-state index in [1.54, 1.807) is 16.8 Å². The van der Waals surface area contributed by atoms with Crippen LogP contribution in [-0.2, 0) is 6.54 Å². The third-order valence-electron chi connectivity index (χ3n) is 5.27. The number of carbonyl (C=O) groups excluding carboxylic acids is 1. The molecular weight excluding hydrogens is 366 g/mol. The first-order chi connectivity index (χ1) is 14.2. The number of hydrogen-bond donors (Lipinski definition) is 1. The number of anilines is 1. The van der Waals surface area contributed by atoms with E-state index in [1.165, 1.54) is 11.9 Å². The van der Waals surface area contributed by atoms with Gasteiger partial charge in [-0.2, -0.15) is 0 Å². The zero-order chi connectivity index (χ0) is 20.1. The van der Waals surface area contributed by atoms with E-state index in [1.807, 2.05) is 24.3 Å². The van der Waals surface area contributed by atoms with E-state index in [4.69, 9.17) is 0 Å². The van der Waals surface area contributed by atoms with Crippen molar-refractivity contribution < 1.29 is 4.79 Å². The number of hydrogen-bond acceptors (Lipinski definition) is 6. The molecule has 2 aromatic carbocycles. The molecule has 0 aliphatic carbocycles. The summed E-state index contributed by atoms with van der Waals surface area (Å²) in [4.78, 5) is 17.5. The molecule has 150 valence electrons. The number of carbonyl (C=O) groups is 1. The number of nitrogens with one attached hydrogen (secondary N) is 1. The van der Waals surface area contributed by atoms with Crippen LogP contribution in [0.15, 0.2) is 54.9 Å². The molecule has 1 aromatic heterocycles. The number of nitrogens with zero attached hydrogens (tertiary/aromatic N) is 6. The van der Waals surface area contributed by atoms with Crippen molar-refractivity contribution in [2.45, 2.75) is 13.5 Å². The Morgan fingerprint density at radius 1 is 0.966 bits per heavy atom. The molecule has 0 atom stereocenters. The number of tetrazole rings is 1. The molecular formula is C21H25N7O. The van der Waals surface area contributed by atoms with E-state index in [-0.39, 0.29) is 5.91 Å². The van der Waals surface area contributed by atoms with E-state index in [2.05, 4.69) is 49.7 Å². The highest BCUT2D eigenvalue weighted by atomic mass is 16.1. The maximum Gasteiger partial charge on any atom is 0.255 e. The highest BCUT2D eigenvalue weighted by molar-refractivity contribution is 6.04. The van der Waals surface area contributed by atoms with Crippen LogP contribution in [0.25, 0.3) is 5.69 Å². The van der Waals surface area contributed by atoms with E-state index in [9.17, 15) is 4.79 Å². The van der Waals surface area contributed by atoms with E-state index in [0.717, 1.165) is 50.6 Å². The van der Waals surface area contributed by atoms with Gasteiger partial charge in [0, 0.05) is 44.0 Å². The first kappa shape index (κ1) is 19.2. The molecule has 0 spiro atoms. The molecule has 0 bridgehead atoms. The maximum atomic E-state index is 12.5. The van der Waals surface area contributed by atoms with Crippen LogP contribution in [0, 0.1) is 0 Å². The van der Waals surface area contributed by atoms with Gasteiger partial charge in [-0.1, -0.05) is 19.1 Å². The Kier molecular flexibility index (Phi) is 5.92. The first-order valence-electron chi connectivity index (χ1n) is 9.89. The Morgan fingerprint density at radius 2 is 1.66 bits per heavy atom. The largest absolute Gasteiger partial charge is 0.322 e. The van der Waals surface area contributed by atoms with E-state index in [0.29, 0.717) is 5.56 Å². The first-order valence-corrected chi connectivity index (χ1v) is 9.89. The van der Waals surface area contributed by atoms with Gasteiger partial charge in [-0.15, -0.1) is 5.10 Å². The van der Waals surface area contributed by atoms with Crippen molar-refractivity contribution >= 4 is 11.6 Å². The summed E-state index contributed by atoms with van der Waals surface area (Å²) in [6, 6.07) is 15.2. The van der Waals surface area contributed by atoms with Crippen molar-refractivity contribution in [1.29, 1.82) is 0 Å². The van der Waals surface area contributed by atoms with Crippen LogP contribution in [0.1, 0.15) is 22.8 Å². The second kappa shape index (κ2) is 8.93. The monoisotopic (exact) mass is 391 g/mol. The predicted octanol–water partition coefficient (Wildman–Crippen LogP) is 2.05. The Balaban J connectivity index is 1.32. The fraction of sp³-hybridized carbons (Fsp3) is 0.333. The summed E-state index contributed by atoms with van der Waals surface area (Å²) < 4.78 is 1.54. The molecule has 1 aliphatic rings. The van der Waals surface area contributed by atoms with Gasteiger partial charge >= 0.3 is 0 Å². The van der Waals surface area contributed by atoms with Crippen LogP contribution < -0.4 is 5.32 Å². The second-order valence-corrected chi connectivity index (χ2v) is 7.16. The van der Waals surface area contributed by atoms with Gasteiger partial charge < -0.3 is 10.2 Å². The third-order valence-corrected chi connectivity index (χ3v) is 5.27. The standard InChI is InChI=1S/C21H25N7O/c1-2-26-11-13-27(14-12-26)15-17-3-7-19(8-4-17)23-21(29)18-5-9-20(10-6-18)28-16-22-24-25-28/h3-10,16H,2,11-15H2,1H3,(H,23,29). The summed E-state index contributed by atoms with van der Waals surface area (Å²) in [5.41, 5.74) is 3.44. The van der Waals surface area contributed by atoms with Gasteiger partial charge in [0.25, 0.3) is 5.91 Å². The lowest BCUT2D eigenvalue weighted by Gasteiger charge is -2.34. The molecule has 1 aliphatic heterocycles. The lowest BCUT2D eigenvalue weighted by molar-refractivity contribution is 0.102. The maximum absolute atomic E-state index is 12.5. The number of rotatable bonds is 6. The summed E-state index contributed by atoms with van der Waals surface area (Å²) in [6.45, 7) is 8.77. The lowest BCUT2D eigenvalue weighted by atomic mass is 10.1. The summed E-state index contributed by atoms with van der Waals surface area (Å²) in [7, 11) is 0. The molecule has 1 fully saturated rings. The molecule has 29 heavy (non-hydrogen) atoms. The number of benzene rings is 2. The van der Waals surface area contributed by atoms with Gasteiger partial charge in [0.15, 0.2) is 0 Å². The second-order valence-electron chi connectivity index (χ2n) is 7.16. The van der Waals surface area contributed by atoms with Crippen LogP contribution >= 0.6 is 0 Å². The number of piperazine rings is 1. The topological polar surface area (TPSA) is 79.2 Å². The van der Waals surface area contributed by atoms with Gasteiger partial charge in [-0.05, 0) is 58.9 Å². The molecule has 3 aromatic rings. The van der Waals surface area contributed by atoms with Crippen molar-refractivity contribution in [1.82, 2.24) is 30.0 Å². The summed E-state index contributed by atoms with van der Waals surface area (Å²) in [5.74, 6) is -0.142. The van der Waals surface area contributed by atoms with Crippen LogP contribution in [0.5, 0.6) is 0 Å². The summed E-state index contributed by atoms with van der Waals surface area (Å²) >= 11 is 0. The molecule has 8 nitrogen and oxygen atoms in total. The summed E-state index contributed by atoms with van der Waals surface area (Å²) in [5, 5.41) is 14.0. The minimum atomic E-state index is -0.142. The molecule has 8 heteroatoms. The lowest BCUT2D eigenvalue weighted by Crippen LogP contribution is -2.45. The fourth-order valence-electron chi connectivity index (χ4n) is 3.46. The van der Waals surface area contributed by atoms with Crippen molar-refractivity contribution in [3.8, 4) is 5.69 Å². The van der Waals surface area contributed by atoms with Gasteiger partial charge in [0.05, 0.1) is 5.69 Å². The van der Waals surface area contributed by atoms with Gasteiger partial charge in [0.2, 0.25) is 0 Å². The smallest absolute Gasteiger partial charge is 0.255 e. The van der Waals surface area contributed by atoms with Gasteiger partial charge in [0.1, 0.15) is 6.33 Å². The average molecular weight is 391 g/mol. The SMILES string of the molecule is CCN1CCN(Cc2ccc(NC(=O)c3ccc(-n4cnnn4)cc3)cc2)CC1. The van der Waals surface area contributed by atoms with Gasteiger partial charge in [-0.25, -0.2) is 4.68 Å². The highest BCUT2D eigenvalue weighted by Gasteiger charge is 2.15. The van der Waals surface area contributed by atoms with Crippen LogP contribution in [0.4, 0.5) is 5.69 Å². The molecule has 0 saturated carbocycles. The molecule has 1 amide bonds. The molecule has 2 heterocycles. The predicted molar refractivity (Wildman–Crippen MR) is 111 cm³/mol. The van der Waals surface area contributed by atoms with Gasteiger partial charge in [-0.3, -0.25) is 9.69 Å². The summed E-state index contributed by atoms with van der Waals surface area (Å²) in [6.07, 6.45) is 1.51. The quantitative estimate of drug-likeness (QED) is 0.693. The molecule has 4 rings (SSSR count). The minimum absolute atomic E-state index is 0.142. The number of aromatic nitrogens is 4. The van der Waals surface area contributed by atoms with Crippen molar-refractivity contribution in [3.63, 3.8) is 0 Å². The zero-order valence-electron chi connectivity index (χ0n) is 16.5. The van der Waals surface area contributed by atoms with Crippen molar-refractivity contribution in [2.24, 2.45) is 0 Å². The number of amides is 1. The van der Waals surface area contributed by atoms with Crippen molar-refractivity contribution in [3.05, 3.63) is 66.0 Å². The molecule has 0 radical (unpaired) electrons. The third kappa shape index (κ3) is 4.85. The van der Waals surface area contributed by atoms with Crippen LogP contribution in [0.3, 0.4) is 0 Å². The average Bonchev–Trinajstić information content (AvgIpc) is 3.31. The van der Waals surface area contributed by atoms with E-state index >= 15 is 0 Å². The Bertz CT molecular complexity index is 915. The highest BCUT2D eigenvalue weighted by Crippen LogP contribution is 2.15. The Morgan fingerprint density at radius 3 is 2.28 bits per heavy atom. The van der Waals surface area contributed by atoms with E-state index < -0.39 is 0 Å². The zero-order valence-corrected chi connectivity index (χ0v) is 16.5. The fourth-order valence-corrected chi connectivity index (χ4v) is 3.46. The molecule has 1 N–H and O–H groups in total. The van der Waals surface area contributed by atoms with Crippen LogP contribution in [-0.4, -0.2) is 68.6 Å². The normalized spacial score (nSPS) is 15.3. The Labute approximate surface area is 170 Å². The number of likely N-dealkylation sites (N-methyl/N-ethyl adjacent to an activating group) is 1. The molecule has 1 saturated heterocycles.